The standard InChI is InChI=1S/C10H12I2/c1-3-10(2,12)8-4-6-9(11)7-5-8/h4-7H,3H2,1-2H3. The summed E-state index contributed by atoms with van der Waals surface area (Å²) in [5.41, 5.74) is 1.42. The highest BCUT2D eigenvalue weighted by Crippen LogP contribution is 2.34. The smallest absolute Gasteiger partial charge is 0.0439 e. The topological polar surface area (TPSA) is 0 Å². The van der Waals surface area contributed by atoms with Crippen LogP contribution in [0.2, 0.25) is 0 Å². The molecular formula is C10H12I2. The Hall–Kier alpha value is 0.680. The fraction of sp³-hybridized carbons (Fsp3) is 0.400. The van der Waals surface area contributed by atoms with Crippen molar-refractivity contribution >= 4 is 45.2 Å². The molecule has 0 radical (unpaired) electrons. The van der Waals surface area contributed by atoms with Gasteiger partial charge in [-0.25, -0.2) is 0 Å². The van der Waals surface area contributed by atoms with Crippen LogP contribution in [0.3, 0.4) is 0 Å². The Bertz CT molecular complexity index is 249. The summed E-state index contributed by atoms with van der Waals surface area (Å²) in [7, 11) is 0. The highest BCUT2D eigenvalue weighted by Gasteiger charge is 2.19. The molecule has 2 heteroatoms. The molecule has 0 amide bonds. The predicted molar refractivity (Wildman–Crippen MR) is 70.8 cm³/mol. The van der Waals surface area contributed by atoms with E-state index in [-0.39, 0.29) is 0 Å². The maximum Gasteiger partial charge on any atom is 0.0439 e. The summed E-state index contributed by atoms with van der Waals surface area (Å²) >= 11 is 4.85. The molecule has 0 aliphatic carbocycles. The van der Waals surface area contributed by atoms with Crippen molar-refractivity contribution in [3.63, 3.8) is 0 Å². The van der Waals surface area contributed by atoms with Gasteiger partial charge >= 0.3 is 0 Å². The molecule has 0 aliphatic heterocycles. The van der Waals surface area contributed by atoms with Gasteiger partial charge in [0, 0.05) is 6.99 Å². The molecule has 1 atom stereocenters. The summed E-state index contributed by atoms with van der Waals surface area (Å²) in [4.78, 5) is 0. The van der Waals surface area contributed by atoms with Crippen molar-refractivity contribution in [2.75, 3.05) is 0 Å². The molecule has 1 aromatic rings. The van der Waals surface area contributed by atoms with E-state index < -0.39 is 0 Å². The zero-order valence-electron chi connectivity index (χ0n) is 7.27. The molecule has 66 valence electrons. The average molecular weight is 386 g/mol. The fourth-order valence-electron chi connectivity index (χ4n) is 1.00. The van der Waals surface area contributed by atoms with Gasteiger partial charge in [-0.05, 0) is 53.6 Å². The Kier molecular flexibility index (Phi) is 3.82. The number of halogens is 2. The number of alkyl halides is 1. The first-order valence-electron chi connectivity index (χ1n) is 4.01. The number of hydrogen-bond donors (Lipinski definition) is 0. The lowest BCUT2D eigenvalue weighted by molar-refractivity contribution is 0.700. The van der Waals surface area contributed by atoms with E-state index in [1.807, 2.05) is 0 Å². The van der Waals surface area contributed by atoms with Crippen molar-refractivity contribution in [2.24, 2.45) is 0 Å². The minimum atomic E-state index is 0.294. The molecule has 0 nitrogen and oxygen atoms in total. The lowest BCUT2D eigenvalue weighted by Gasteiger charge is -2.20. The molecule has 12 heavy (non-hydrogen) atoms. The van der Waals surface area contributed by atoms with Crippen molar-refractivity contribution < 1.29 is 0 Å². The molecule has 0 bridgehead atoms. The Balaban J connectivity index is 2.96. The van der Waals surface area contributed by atoms with Crippen LogP contribution in [0.1, 0.15) is 25.8 Å². The summed E-state index contributed by atoms with van der Waals surface area (Å²) in [5, 5.41) is 0. The first-order chi connectivity index (χ1) is 5.56. The Morgan fingerprint density at radius 3 is 2.17 bits per heavy atom. The van der Waals surface area contributed by atoms with Gasteiger partial charge in [0.2, 0.25) is 0 Å². The average Bonchev–Trinajstić information content (AvgIpc) is 2.05. The molecule has 0 saturated heterocycles. The Labute approximate surface area is 101 Å². The van der Waals surface area contributed by atoms with Gasteiger partial charge in [0.05, 0.1) is 0 Å². The SMILES string of the molecule is CCC(C)(I)c1ccc(I)cc1. The summed E-state index contributed by atoms with van der Waals surface area (Å²) < 4.78 is 1.60. The molecular weight excluding hydrogens is 374 g/mol. The van der Waals surface area contributed by atoms with Crippen LogP contribution in [-0.2, 0) is 3.42 Å². The molecule has 0 spiro atoms. The van der Waals surface area contributed by atoms with E-state index in [0.29, 0.717) is 3.42 Å². The molecule has 0 saturated carbocycles. The molecule has 0 N–H and O–H groups in total. The van der Waals surface area contributed by atoms with Gasteiger partial charge in [-0.15, -0.1) is 0 Å². The van der Waals surface area contributed by atoms with Gasteiger partial charge in [0.25, 0.3) is 0 Å². The van der Waals surface area contributed by atoms with Crippen LogP contribution in [0.25, 0.3) is 0 Å². The molecule has 1 aromatic carbocycles. The monoisotopic (exact) mass is 386 g/mol. The molecule has 0 heterocycles. The highest BCUT2D eigenvalue weighted by atomic mass is 127. The van der Waals surface area contributed by atoms with E-state index in [1.54, 1.807) is 0 Å². The second-order valence-electron chi connectivity index (χ2n) is 3.06. The zero-order chi connectivity index (χ0) is 9.19. The van der Waals surface area contributed by atoms with Gasteiger partial charge < -0.3 is 0 Å². The minimum absolute atomic E-state index is 0.294. The number of hydrogen-bond acceptors (Lipinski definition) is 0. The van der Waals surface area contributed by atoms with E-state index >= 15 is 0 Å². The lowest BCUT2D eigenvalue weighted by Crippen LogP contribution is -2.10. The summed E-state index contributed by atoms with van der Waals surface area (Å²) in [6.45, 7) is 4.50. The van der Waals surface area contributed by atoms with Crippen LogP contribution in [0.5, 0.6) is 0 Å². The first-order valence-corrected chi connectivity index (χ1v) is 6.17. The van der Waals surface area contributed by atoms with Crippen LogP contribution in [0.4, 0.5) is 0 Å². The van der Waals surface area contributed by atoms with Gasteiger partial charge in [0.15, 0.2) is 0 Å². The van der Waals surface area contributed by atoms with Crippen molar-refractivity contribution in [1.82, 2.24) is 0 Å². The third-order valence-corrected chi connectivity index (χ3v) is 4.21. The normalized spacial score (nSPS) is 15.7. The molecule has 1 rings (SSSR count). The maximum absolute atomic E-state index is 2.51. The van der Waals surface area contributed by atoms with Crippen LogP contribution < -0.4 is 0 Å². The third kappa shape index (κ3) is 2.58. The molecule has 0 aliphatic rings. The number of rotatable bonds is 2. The van der Waals surface area contributed by atoms with Crippen molar-refractivity contribution in [1.29, 1.82) is 0 Å². The van der Waals surface area contributed by atoms with E-state index in [0.717, 1.165) is 0 Å². The second kappa shape index (κ2) is 4.26. The quantitative estimate of drug-likeness (QED) is 0.524. The van der Waals surface area contributed by atoms with E-state index in [9.17, 15) is 0 Å². The fourth-order valence-corrected chi connectivity index (χ4v) is 1.72. The van der Waals surface area contributed by atoms with E-state index in [1.165, 1.54) is 15.6 Å². The van der Waals surface area contributed by atoms with Gasteiger partial charge in [-0.2, -0.15) is 0 Å². The van der Waals surface area contributed by atoms with Gasteiger partial charge in [-0.1, -0.05) is 41.6 Å². The Morgan fingerprint density at radius 1 is 1.25 bits per heavy atom. The molecule has 1 unspecified atom stereocenters. The predicted octanol–water partition coefficient (Wildman–Crippen LogP) is 4.35. The van der Waals surface area contributed by atoms with E-state index in [2.05, 4.69) is 83.3 Å². The van der Waals surface area contributed by atoms with Crippen molar-refractivity contribution in [2.45, 2.75) is 23.7 Å². The molecule has 0 aromatic heterocycles. The lowest BCUT2D eigenvalue weighted by atomic mass is 9.99. The highest BCUT2D eigenvalue weighted by molar-refractivity contribution is 14.1. The number of benzene rings is 1. The summed E-state index contributed by atoms with van der Waals surface area (Å²) in [5.74, 6) is 0. The minimum Gasteiger partial charge on any atom is -0.0740 e. The first kappa shape index (κ1) is 10.8. The van der Waals surface area contributed by atoms with Crippen molar-refractivity contribution in [3.05, 3.63) is 33.4 Å². The Morgan fingerprint density at radius 2 is 1.75 bits per heavy atom. The maximum atomic E-state index is 2.51. The second-order valence-corrected chi connectivity index (χ2v) is 6.68. The van der Waals surface area contributed by atoms with Crippen LogP contribution in [0.15, 0.2) is 24.3 Å². The zero-order valence-corrected chi connectivity index (χ0v) is 11.6. The van der Waals surface area contributed by atoms with Gasteiger partial charge in [-0.3, -0.25) is 0 Å². The third-order valence-electron chi connectivity index (χ3n) is 2.11. The van der Waals surface area contributed by atoms with Crippen LogP contribution >= 0.6 is 45.2 Å². The largest absolute Gasteiger partial charge is 0.0740 e. The van der Waals surface area contributed by atoms with Crippen molar-refractivity contribution in [3.8, 4) is 0 Å². The van der Waals surface area contributed by atoms with Crippen LogP contribution in [-0.4, -0.2) is 0 Å². The summed E-state index contributed by atoms with van der Waals surface area (Å²) in [6.07, 6.45) is 1.17. The van der Waals surface area contributed by atoms with E-state index in [4.69, 9.17) is 0 Å². The van der Waals surface area contributed by atoms with Gasteiger partial charge in [0.1, 0.15) is 0 Å². The van der Waals surface area contributed by atoms with Crippen LogP contribution in [0, 0.1) is 3.57 Å². The summed E-state index contributed by atoms with van der Waals surface area (Å²) in [6, 6.07) is 8.78. The molecule has 0 fully saturated rings.